The molecule has 0 radical (unpaired) electrons. The van der Waals surface area contributed by atoms with E-state index in [1.165, 1.54) is 4.90 Å². The molecule has 0 aliphatic carbocycles. The Hall–Kier alpha value is -2.28. The topological polar surface area (TPSA) is 106 Å². The maximum Gasteiger partial charge on any atom is 0.241 e. The zero-order valence-corrected chi connectivity index (χ0v) is 11.7. The van der Waals surface area contributed by atoms with Gasteiger partial charge in [0.25, 0.3) is 0 Å². The first-order valence-electron chi connectivity index (χ1n) is 5.83. The molecule has 1 amide bonds. The Morgan fingerprint density at radius 1 is 1.45 bits per heavy atom. The van der Waals surface area contributed by atoms with Gasteiger partial charge in [-0.05, 0) is 25.1 Å². The number of amides is 1. The minimum Gasteiger partial charge on any atom is -0.397 e. The van der Waals surface area contributed by atoms with Crippen molar-refractivity contribution in [1.82, 2.24) is 4.90 Å². The largest absolute Gasteiger partial charge is 0.397 e. The summed E-state index contributed by atoms with van der Waals surface area (Å²) in [5, 5.41) is 20.5. The molecule has 0 fully saturated rings. The third-order valence-electron chi connectivity index (χ3n) is 2.75. The molecule has 0 heterocycles. The van der Waals surface area contributed by atoms with Crippen LogP contribution in [0.15, 0.2) is 18.2 Å². The van der Waals surface area contributed by atoms with Gasteiger partial charge in [0, 0.05) is 5.02 Å². The number of nitrogen functional groups attached to an aromatic ring is 1. The second kappa shape index (κ2) is 7.34. The molecule has 1 atom stereocenters. The van der Waals surface area contributed by atoms with E-state index in [-0.39, 0.29) is 19.0 Å². The molecule has 0 spiro atoms. The van der Waals surface area contributed by atoms with Crippen LogP contribution >= 0.6 is 11.6 Å². The van der Waals surface area contributed by atoms with Gasteiger partial charge in [-0.1, -0.05) is 11.6 Å². The van der Waals surface area contributed by atoms with Gasteiger partial charge in [-0.15, -0.1) is 0 Å². The molecule has 0 saturated heterocycles. The monoisotopic (exact) mass is 291 g/mol. The molecule has 0 aromatic heterocycles. The molecule has 1 rings (SSSR count). The number of carbonyl (C=O) groups excluding carboxylic acids is 1. The fraction of sp³-hybridized carbons (Fsp3) is 0.308. The predicted molar refractivity (Wildman–Crippen MR) is 76.8 cm³/mol. The van der Waals surface area contributed by atoms with Crippen molar-refractivity contribution >= 4 is 28.9 Å². The second-order valence-corrected chi connectivity index (χ2v) is 4.55. The van der Waals surface area contributed by atoms with Crippen LogP contribution in [0.25, 0.3) is 0 Å². The summed E-state index contributed by atoms with van der Waals surface area (Å²) in [6, 6.07) is 7.96. The summed E-state index contributed by atoms with van der Waals surface area (Å²) in [7, 11) is 0. The number of halogens is 1. The molecule has 1 aromatic carbocycles. The number of nitrogens with zero attached hydrogens (tertiary/aromatic N) is 3. The van der Waals surface area contributed by atoms with E-state index in [1.54, 1.807) is 25.1 Å². The van der Waals surface area contributed by atoms with Crippen molar-refractivity contribution in [3.8, 4) is 12.1 Å². The van der Waals surface area contributed by atoms with Crippen LogP contribution in [-0.2, 0) is 4.79 Å². The third-order valence-corrected chi connectivity index (χ3v) is 2.98. The highest BCUT2D eigenvalue weighted by molar-refractivity contribution is 6.31. The van der Waals surface area contributed by atoms with Crippen molar-refractivity contribution in [3.63, 3.8) is 0 Å². The van der Waals surface area contributed by atoms with E-state index < -0.39 is 6.04 Å². The van der Waals surface area contributed by atoms with E-state index in [2.05, 4.69) is 5.32 Å². The molecule has 0 aliphatic rings. The van der Waals surface area contributed by atoms with Crippen molar-refractivity contribution < 1.29 is 4.79 Å². The standard InChI is InChI=1S/C13H14ClN5O/c1-9(19(6-4-15)7-5-16)13(20)18-12-8-10(14)2-3-11(12)17/h2-3,8-9H,6-7,17H2,1H3,(H,18,20). The van der Waals surface area contributed by atoms with Crippen LogP contribution in [0.3, 0.4) is 0 Å². The Bertz CT molecular complexity index is 559. The lowest BCUT2D eigenvalue weighted by Crippen LogP contribution is -2.42. The van der Waals surface area contributed by atoms with Gasteiger partial charge >= 0.3 is 0 Å². The van der Waals surface area contributed by atoms with E-state index >= 15 is 0 Å². The lowest BCUT2D eigenvalue weighted by atomic mass is 10.2. The lowest BCUT2D eigenvalue weighted by Gasteiger charge is -2.23. The van der Waals surface area contributed by atoms with Gasteiger partial charge in [0.2, 0.25) is 5.91 Å². The predicted octanol–water partition coefficient (Wildman–Crippen LogP) is 1.60. The van der Waals surface area contributed by atoms with Crippen LogP contribution < -0.4 is 11.1 Å². The summed E-state index contributed by atoms with van der Waals surface area (Å²) in [5.74, 6) is -0.357. The normalized spacial score (nSPS) is 11.4. The number of hydrogen-bond acceptors (Lipinski definition) is 5. The third kappa shape index (κ3) is 4.13. The Morgan fingerprint density at radius 2 is 2.05 bits per heavy atom. The van der Waals surface area contributed by atoms with Crippen molar-refractivity contribution in [2.24, 2.45) is 0 Å². The molecule has 3 N–H and O–H groups in total. The summed E-state index contributed by atoms with van der Waals surface area (Å²) < 4.78 is 0. The zero-order valence-electron chi connectivity index (χ0n) is 10.9. The van der Waals surface area contributed by atoms with Crippen molar-refractivity contribution in [3.05, 3.63) is 23.2 Å². The Morgan fingerprint density at radius 3 is 2.60 bits per heavy atom. The number of nitrogens with one attached hydrogen (secondary N) is 1. The van der Waals surface area contributed by atoms with Crippen LogP contribution in [0, 0.1) is 22.7 Å². The van der Waals surface area contributed by atoms with Crippen molar-refractivity contribution in [2.45, 2.75) is 13.0 Å². The first-order valence-corrected chi connectivity index (χ1v) is 6.21. The van der Waals surface area contributed by atoms with Crippen LogP contribution in [-0.4, -0.2) is 29.9 Å². The molecule has 7 heteroatoms. The minimum absolute atomic E-state index is 0.00677. The van der Waals surface area contributed by atoms with Gasteiger partial charge in [0.1, 0.15) is 0 Å². The minimum atomic E-state index is -0.632. The van der Waals surface area contributed by atoms with Crippen LogP contribution in [0.1, 0.15) is 6.92 Å². The number of hydrogen-bond donors (Lipinski definition) is 2. The van der Waals surface area contributed by atoms with Crippen LogP contribution in [0.5, 0.6) is 0 Å². The van der Waals surface area contributed by atoms with Crippen LogP contribution in [0.2, 0.25) is 5.02 Å². The molecule has 1 aromatic rings. The smallest absolute Gasteiger partial charge is 0.241 e. The number of nitriles is 2. The summed E-state index contributed by atoms with van der Waals surface area (Å²) in [5.41, 5.74) is 6.54. The second-order valence-electron chi connectivity index (χ2n) is 4.12. The van der Waals surface area contributed by atoms with E-state index in [0.717, 1.165) is 0 Å². The number of carbonyl (C=O) groups is 1. The van der Waals surface area contributed by atoms with Gasteiger partial charge in [-0.2, -0.15) is 10.5 Å². The molecule has 6 nitrogen and oxygen atoms in total. The number of rotatable bonds is 5. The maximum atomic E-state index is 12.1. The average Bonchev–Trinajstić information content (AvgIpc) is 2.41. The number of nitrogens with two attached hydrogens (primary N) is 1. The zero-order chi connectivity index (χ0) is 15.1. The number of benzene rings is 1. The maximum absolute atomic E-state index is 12.1. The van der Waals surface area contributed by atoms with Crippen LogP contribution in [0.4, 0.5) is 11.4 Å². The van der Waals surface area contributed by atoms with Gasteiger partial charge in [0.05, 0.1) is 42.6 Å². The average molecular weight is 292 g/mol. The van der Waals surface area contributed by atoms with E-state index in [0.29, 0.717) is 16.4 Å². The van der Waals surface area contributed by atoms with Gasteiger partial charge < -0.3 is 11.1 Å². The highest BCUT2D eigenvalue weighted by Gasteiger charge is 2.21. The first-order chi connectivity index (χ1) is 9.49. The van der Waals surface area contributed by atoms with Gasteiger partial charge in [-0.25, -0.2) is 0 Å². The molecule has 0 aliphatic heterocycles. The Kier molecular flexibility index (Phi) is 5.79. The van der Waals surface area contributed by atoms with Gasteiger partial charge in [-0.3, -0.25) is 9.69 Å². The quantitative estimate of drug-likeness (QED) is 0.633. The fourth-order valence-electron chi connectivity index (χ4n) is 1.55. The summed E-state index contributed by atoms with van der Waals surface area (Å²) in [6.07, 6.45) is 0. The first kappa shape index (κ1) is 15.8. The highest BCUT2D eigenvalue weighted by atomic mass is 35.5. The summed E-state index contributed by atoms with van der Waals surface area (Å²) in [6.45, 7) is 1.60. The van der Waals surface area contributed by atoms with E-state index in [9.17, 15) is 4.79 Å². The highest BCUT2D eigenvalue weighted by Crippen LogP contribution is 2.23. The molecule has 0 saturated carbocycles. The molecular formula is C13H14ClN5O. The molecule has 104 valence electrons. The Labute approximate surface area is 122 Å². The SMILES string of the molecule is CC(C(=O)Nc1cc(Cl)ccc1N)N(CC#N)CC#N. The van der Waals surface area contributed by atoms with Gasteiger partial charge in [0.15, 0.2) is 0 Å². The summed E-state index contributed by atoms with van der Waals surface area (Å²) in [4.78, 5) is 13.6. The molecular weight excluding hydrogens is 278 g/mol. The fourth-order valence-corrected chi connectivity index (χ4v) is 1.72. The van der Waals surface area contributed by atoms with Crippen molar-refractivity contribution in [1.29, 1.82) is 10.5 Å². The summed E-state index contributed by atoms with van der Waals surface area (Å²) >= 11 is 5.84. The van der Waals surface area contributed by atoms with E-state index in [4.69, 9.17) is 27.9 Å². The molecule has 1 unspecified atom stereocenters. The molecule has 0 bridgehead atoms. The van der Waals surface area contributed by atoms with Crippen molar-refractivity contribution in [2.75, 3.05) is 24.1 Å². The molecule has 20 heavy (non-hydrogen) atoms. The Balaban J connectivity index is 2.82. The van der Waals surface area contributed by atoms with E-state index in [1.807, 2.05) is 12.1 Å². The lowest BCUT2D eigenvalue weighted by molar-refractivity contribution is -0.120. The number of anilines is 2.